The molecule has 1 aromatic carbocycles. The summed E-state index contributed by atoms with van der Waals surface area (Å²) in [5, 5.41) is 0. The molecular weight excluding hydrogens is 299 g/mol. The monoisotopic (exact) mass is 313 g/mol. The minimum Gasteiger partial charge on any atom is -0.497 e. The molecule has 0 unspecified atom stereocenters. The van der Waals surface area contributed by atoms with Gasteiger partial charge in [-0.1, -0.05) is 6.07 Å². The molecule has 0 N–H and O–H groups in total. The van der Waals surface area contributed by atoms with Crippen LogP contribution in [0, 0.1) is 0 Å². The number of rotatable bonds is 4. The minimum absolute atomic E-state index is 0.141. The van der Waals surface area contributed by atoms with Crippen molar-refractivity contribution < 1.29 is 22.6 Å². The molecule has 0 amide bonds. The number of hydrogen-bond acceptors (Lipinski definition) is 5. The first kappa shape index (κ1) is 15.9. The molecule has 0 spiro atoms. The summed E-state index contributed by atoms with van der Waals surface area (Å²) >= 11 is 0. The van der Waals surface area contributed by atoms with Gasteiger partial charge in [-0.05, 0) is 12.1 Å². The Kier molecular flexibility index (Phi) is 4.39. The summed E-state index contributed by atoms with van der Waals surface area (Å²) in [5.74, 6) is 0.228. The van der Waals surface area contributed by atoms with Crippen molar-refractivity contribution in [2.45, 2.75) is 6.18 Å². The molecule has 118 valence electrons. The molecule has 5 nitrogen and oxygen atoms in total. The third-order valence-electron chi connectivity index (χ3n) is 2.99. The Labute approximate surface area is 125 Å². The Hall–Kier alpha value is -2.51. The highest BCUT2D eigenvalue weighted by molar-refractivity contribution is 5.64. The molecule has 0 fully saturated rings. The van der Waals surface area contributed by atoms with Crippen molar-refractivity contribution in [3.63, 3.8) is 0 Å². The van der Waals surface area contributed by atoms with Crippen LogP contribution in [0.15, 0.2) is 30.5 Å². The number of anilines is 2. The van der Waals surface area contributed by atoms with E-state index in [0.29, 0.717) is 17.6 Å². The molecule has 1 aromatic heterocycles. The van der Waals surface area contributed by atoms with Gasteiger partial charge in [-0.2, -0.15) is 18.2 Å². The van der Waals surface area contributed by atoms with Crippen LogP contribution >= 0.6 is 0 Å². The fourth-order valence-corrected chi connectivity index (χ4v) is 1.85. The fourth-order valence-electron chi connectivity index (χ4n) is 1.85. The maximum atomic E-state index is 13.1. The molecule has 0 aliphatic carbocycles. The van der Waals surface area contributed by atoms with Gasteiger partial charge in [0.1, 0.15) is 11.3 Å². The van der Waals surface area contributed by atoms with Crippen LogP contribution in [0.25, 0.3) is 0 Å². The molecule has 1 heterocycles. The van der Waals surface area contributed by atoms with Crippen LogP contribution in [0.3, 0.4) is 0 Å². The Morgan fingerprint density at radius 2 is 1.86 bits per heavy atom. The molecule has 2 aromatic rings. The zero-order valence-corrected chi connectivity index (χ0v) is 12.2. The Bertz CT molecular complexity index is 662. The lowest BCUT2D eigenvalue weighted by atomic mass is 10.2. The van der Waals surface area contributed by atoms with Gasteiger partial charge >= 0.3 is 12.2 Å². The highest BCUT2D eigenvalue weighted by Gasteiger charge is 2.36. The number of hydrogen-bond donors (Lipinski definition) is 0. The van der Waals surface area contributed by atoms with E-state index in [1.807, 2.05) is 0 Å². The second-order valence-corrected chi connectivity index (χ2v) is 4.35. The molecule has 0 radical (unpaired) electrons. The van der Waals surface area contributed by atoms with Crippen LogP contribution in [-0.4, -0.2) is 31.2 Å². The van der Waals surface area contributed by atoms with Crippen LogP contribution in [0.5, 0.6) is 11.8 Å². The van der Waals surface area contributed by atoms with Crippen molar-refractivity contribution in [3.8, 4) is 11.8 Å². The van der Waals surface area contributed by atoms with E-state index < -0.39 is 11.7 Å². The molecule has 0 atom stereocenters. The van der Waals surface area contributed by atoms with Crippen molar-refractivity contribution in [2.75, 3.05) is 26.2 Å². The van der Waals surface area contributed by atoms with Gasteiger partial charge in [-0.25, -0.2) is 4.98 Å². The quantitative estimate of drug-likeness (QED) is 0.867. The Morgan fingerprint density at radius 1 is 1.14 bits per heavy atom. The number of alkyl halides is 3. The van der Waals surface area contributed by atoms with E-state index in [2.05, 4.69) is 9.97 Å². The summed E-state index contributed by atoms with van der Waals surface area (Å²) in [5.41, 5.74) is -0.454. The number of aromatic nitrogens is 2. The minimum atomic E-state index is -4.57. The highest BCUT2D eigenvalue weighted by atomic mass is 19.4. The number of ether oxygens (including phenoxy) is 2. The number of nitrogens with zero attached hydrogens (tertiary/aromatic N) is 3. The summed E-state index contributed by atoms with van der Waals surface area (Å²) in [6.45, 7) is 0. The SMILES string of the molecule is COc1cccc(N(C)c2nc(OC)ncc2C(F)(F)F)c1. The van der Waals surface area contributed by atoms with Gasteiger partial charge in [-0.3, -0.25) is 0 Å². The molecule has 2 rings (SSSR count). The normalized spacial score (nSPS) is 11.2. The average molecular weight is 313 g/mol. The summed E-state index contributed by atoms with van der Waals surface area (Å²) in [6, 6.07) is 6.49. The molecule has 22 heavy (non-hydrogen) atoms. The number of benzene rings is 1. The zero-order valence-electron chi connectivity index (χ0n) is 12.2. The van der Waals surface area contributed by atoms with E-state index in [0.717, 1.165) is 0 Å². The second-order valence-electron chi connectivity index (χ2n) is 4.35. The van der Waals surface area contributed by atoms with E-state index >= 15 is 0 Å². The smallest absolute Gasteiger partial charge is 0.421 e. The average Bonchev–Trinajstić information content (AvgIpc) is 2.52. The third-order valence-corrected chi connectivity index (χ3v) is 2.99. The molecule has 8 heteroatoms. The molecular formula is C14H14F3N3O2. The van der Waals surface area contributed by atoms with Crippen molar-refractivity contribution in [3.05, 3.63) is 36.0 Å². The third kappa shape index (κ3) is 3.21. The van der Waals surface area contributed by atoms with E-state index in [1.165, 1.54) is 26.2 Å². The van der Waals surface area contributed by atoms with E-state index in [-0.39, 0.29) is 11.8 Å². The lowest BCUT2D eigenvalue weighted by Gasteiger charge is -2.22. The first-order valence-corrected chi connectivity index (χ1v) is 6.23. The lowest BCUT2D eigenvalue weighted by Crippen LogP contribution is -2.19. The maximum Gasteiger partial charge on any atom is 0.421 e. The highest BCUT2D eigenvalue weighted by Crippen LogP contribution is 2.38. The Morgan fingerprint density at radius 3 is 2.45 bits per heavy atom. The largest absolute Gasteiger partial charge is 0.497 e. The van der Waals surface area contributed by atoms with Gasteiger partial charge < -0.3 is 14.4 Å². The van der Waals surface area contributed by atoms with Crippen molar-refractivity contribution in [1.29, 1.82) is 0 Å². The van der Waals surface area contributed by atoms with Crippen LogP contribution < -0.4 is 14.4 Å². The van der Waals surface area contributed by atoms with Gasteiger partial charge in [0, 0.05) is 25.0 Å². The molecule has 0 aliphatic rings. The van der Waals surface area contributed by atoms with Crippen LogP contribution in [-0.2, 0) is 6.18 Å². The predicted molar refractivity (Wildman–Crippen MR) is 74.6 cm³/mol. The molecule has 0 saturated heterocycles. The second kappa shape index (κ2) is 6.08. The summed E-state index contributed by atoms with van der Waals surface area (Å²) < 4.78 is 49.3. The van der Waals surface area contributed by atoms with Crippen molar-refractivity contribution in [2.24, 2.45) is 0 Å². The van der Waals surface area contributed by atoms with E-state index in [4.69, 9.17) is 9.47 Å². The molecule has 0 bridgehead atoms. The van der Waals surface area contributed by atoms with Gasteiger partial charge in [-0.15, -0.1) is 0 Å². The van der Waals surface area contributed by atoms with Crippen molar-refractivity contribution >= 4 is 11.5 Å². The van der Waals surface area contributed by atoms with Crippen LogP contribution in [0.2, 0.25) is 0 Å². The van der Waals surface area contributed by atoms with Crippen LogP contribution in [0.4, 0.5) is 24.7 Å². The Balaban J connectivity index is 2.53. The first-order valence-electron chi connectivity index (χ1n) is 6.23. The number of halogens is 3. The summed E-state index contributed by atoms with van der Waals surface area (Å²) in [6.07, 6.45) is -3.87. The van der Waals surface area contributed by atoms with Gasteiger partial charge in [0.2, 0.25) is 0 Å². The van der Waals surface area contributed by atoms with Gasteiger partial charge in [0.15, 0.2) is 5.82 Å². The lowest BCUT2D eigenvalue weighted by molar-refractivity contribution is -0.137. The summed E-state index contributed by atoms with van der Waals surface area (Å²) in [7, 11) is 4.25. The van der Waals surface area contributed by atoms with E-state index in [9.17, 15) is 13.2 Å². The topological polar surface area (TPSA) is 47.5 Å². The zero-order chi connectivity index (χ0) is 16.3. The maximum absolute atomic E-state index is 13.1. The van der Waals surface area contributed by atoms with Crippen LogP contribution in [0.1, 0.15) is 5.56 Å². The molecule has 0 aliphatic heterocycles. The standard InChI is InChI=1S/C14H14F3N3O2/c1-20(9-5-4-6-10(7-9)21-2)12-11(14(15,16)17)8-18-13(19-12)22-3/h4-8H,1-3H3. The molecule has 0 saturated carbocycles. The van der Waals surface area contributed by atoms with Gasteiger partial charge in [0.25, 0.3) is 0 Å². The first-order chi connectivity index (χ1) is 10.4. The number of methoxy groups -OCH3 is 2. The fraction of sp³-hybridized carbons (Fsp3) is 0.286. The summed E-state index contributed by atoms with van der Waals surface area (Å²) in [4.78, 5) is 8.65. The van der Waals surface area contributed by atoms with Crippen molar-refractivity contribution in [1.82, 2.24) is 9.97 Å². The van der Waals surface area contributed by atoms with Gasteiger partial charge in [0.05, 0.1) is 14.2 Å². The predicted octanol–water partition coefficient (Wildman–Crippen LogP) is 3.28. The van der Waals surface area contributed by atoms with E-state index in [1.54, 1.807) is 24.3 Å².